The van der Waals surface area contributed by atoms with Crippen LogP contribution in [0, 0.1) is 0 Å². The van der Waals surface area contributed by atoms with E-state index in [0.717, 1.165) is 11.1 Å². The van der Waals surface area contributed by atoms with Crippen LogP contribution in [0.4, 0.5) is 19.0 Å². The third-order valence-corrected chi connectivity index (χ3v) is 2.50. The van der Waals surface area contributed by atoms with Crippen LogP contribution >= 0.6 is 11.6 Å². The van der Waals surface area contributed by atoms with E-state index in [2.05, 4.69) is 10.4 Å². The molecule has 0 aromatic carbocycles. The Labute approximate surface area is 103 Å². The van der Waals surface area contributed by atoms with E-state index < -0.39 is 11.9 Å². The number of hydrogen-bond acceptors (Lipinski definition) is 2. The smallest absolute Gasteiger partial charge is 0.367 e. The molecule has 1 rings (SSSR count). The zero-order chi connectivity index (χ0) is 13.1. The maximum atomic E-state index is 12.8. The molecule has 17 heavy (non-hydrogen) atoms. The van der Waals surface area contributed by atoms with E-state index >= 15 is 0 Å². The van der Waals surface area contributed by atoms with Crippen molar-refractivity contribution in [2.24, 2.45) is 0 Å². The van der Waals surface area contributed by atoms with Crippen LogP contribution in [-0.4, -0.2) is 16.3 Å². The maximum Gasteiger partial charge on any atom is 0.434 e. The van der Waals surface area contributed by atoms with Crippen LogP contribution in [-0.2, 0) is 12.7 Å². The third-order valence-electron chi connectivity index (χ3n) is 2.14. The van der Waals surface area contributed by atoms with Gasteiger partial charge in [0.25, 0.3) is 0 Å². The molecule has 0 spiro atoms. The summed E-state index contributed by atoms with van der Waals surface area (Å²) in [4.78, 5) is 0. The number of nitrogens with zero attached hydrogens (tertiary/aromatic N) is 2. The SMILES string of the molecule is CCCNc1nn(CCC)c(C(F)(F)F)c1Cl. The fourth-order valence-electron chi connectivity index (χ4n) is 1.44. The Morgan fingerprint density at radius 1 is 1.29 bits per heavy atom. The lowest BCUT2D eigenvalue weighted by atomic mass is 10.3. The van der Waals surface area contributed by atoms with Crippen molar-refractivity contribution in [3.8, 4) is 0 Å². The van der Waals surface area contributed by atoms with Crippen LogP contribution < -0.4 is 5.32 Å². The van der Waals surface area contributed by atoms with E-state index in [-0.39, 0.29) is 17.4 Å². The highest BCUT2D eigenvalue weighted by atomic mass is 35.5. The minimum Gasteiger partial charge on any atom is -0.367 e. The van der Waals surface area contributed by atoms with E-state index in [1.165, 1.54) is 0 Å². The first-order valence-electron chi connectivity index (χ1n) is 5.49. The number of alkyl halides is 3. The molecular formula is C10H15ClF3N3. The van der Waals surface area contributed by atoms with Crippen molar-refractivity contribution in [3.05, 3.63) is 10.7 Å². The Hall–Kier alpha value is -0.910. The summed E-state index contributed by atoms with van der Waals surface area (Å²) in [5.41, 5.74) is -0.875. The number of rotatable bonds is 5. The molecule has 7 heteroatoms. The van der Waals surface area contributed by atoms with Crippen LogP contribution in [0.3, 0.4) is 0 Å². The number of halogens is 4. The van der Waals surface area contributed by atoms with E-state index in [0.29, 0.717) is 13.0 Å². The van der Waals surface area contributed by atoms with Crippen molar-refractivity contribution in [1.82, 2.24) is 9.78 Å². The fraction of sp³-hybridized carbons (Fsp3) is 0.700. The molecular weight excluding hydrogens is 255 g/mol. The van der Waals surface area contributed by atoms with E-state index in [4.69, 9.17) is 11.6 Å². The Morgan fingerprint density at radius 2 is 1.94 bits per heavy atom. The molecule has 0 saturated heterocycles. The Balaban J connectivity index is 3.11. The predicted octanol–water partition coefficient (Wildman–Crippen LogP) is 3.79. The lowest BCUT2D eigenvalue weighted by molar-refractivity contribution is -0.144. The first-order chi connectivity index (χ1) is 7.91. The molecule has 1 aromatic heterocycles. The predicted molar refractivity (Wildman–Crippen MR) is 61.3 cm³/mol. The van der Waals surface area contributed by atoms with Gasteiger partial charge in [0, 0.05) is 13.1 Å². The Morgan fingerprint density at radius 3 is 2.41 bits per heavy atom. The molecule has 0 bridgehead atoms. The molecule has 0 aliphatic heterocycles. The summed E-state index contributed by atoms with van der Waals surface area (Å²) in [6.45, 7) is 4.44. The van der Waals surface area contributed by atoms with Gasteiger partial charge in [-0.15, -0.1) is 0 Å². The average Bonchev–Trinajstić information content (AvgIpc) is 2.52. The molecule has 0 aliphatic carbocycles. The molecule has 0 unspecified atom stereocenters. The van der Waals surface area contributed by atoms with E-state index in [9.17, 15) is 13.2 Å². The molecule has 1 N–H and O–H groups in total. The molecule has 1 aromatic rings. The van der Waals surface area contributed by atoms with E-state index in [1.54, 1.807) is 6.92 Å². The van der Waals surface area contributed by atoms with Gasteiger partial charge in [0.05, 0.1) is 0 Å². The second-order valence-electron chi connectivity index (χ2n) is 3.66. The van der Waals surface area contributed by atoms with Gasteiger partial charge in [-0.3, -0.25) is 4.68 Å². The van der Waals surface area contributed by atoms with E-state index in [1.807, 2.05) is 6.92 Å². The van der Waals surface area contributed by atoms with Gasteiger partial charge in [0.1, 0.15) is 5.02 Å². The molecule has 0 aliphatic rings. The zero-order valence-corrected chi connectivity index (χ0v) is 10.5. The fourth-order valence-corrected chi connectivity index (χ4v) is 1.75. The van der Waals surface area contributed by atoms with Gasteiger partial charge in [0.2, 0.25) is 0 Å². The first-order valence-corrected chi connectivity index (χ1v) is 5.87. The molecule has 0 radical (unpaired) electrons. The van der Waals surface area contributed by atoms with Crippen molar-refractivity contribution in [2.75, 3.05) is 11.9 Å². The van der Waals surface area contributed by atoms with Crippen LogP contribution in [0.5, 0.6) is 0 Å². The van der Waals surface area contributed by atoms with Crippen molar-refractivity contribution in [3.63, 3.8) is 0 Å². The molecule has 0 fully saturated rings. The van der Waals surface area contributed by atoms with Crippen LogP contribution in [0.2, 0.25) is 5.02 Å². The highest BCUT2D eigenvalue weighted by molar-refractivity contribution is 6.33. The molecule has 1 heterocycles. The van der Waals surface area contributed by atoms with Crippen LogP contribution in [0.25, 0.3) is 0 Å². The summed E-state index contributed by atoms with van der Waals surface area (Å²) in [6, 6.07) is 0. The summed E-state index contributed by atoms with van der Waals surface area (Å²) in [5, 5.41) is 6.30. The molecule has 3 nitrogen and oxygen atoms in total. The minimum absolute atomic E-state index is 0.106. The monoisotopic (exact) mass is 269 g/mol. The van der Waals surface area contributed by atoms with Gasteiger partial charge in [-0.05, 0) is 12.8 Å². The normalized spacial score (nSPS) is 11.9. The van der Waals surface area contributed by atoms with Gasteiger partial charge in [-0.25, -0.2) is 0 Å². The Bertz CT molecular complexity index is 374. The molecule has 0 atom stereocenters. The van der Waals surface area contributed by atoms with Crippen LogP contribution in [0.1, 0.15) is 32.4 Å². The number of anilines is 1. The second-order valence-corrected chi connectivity index (χ2v) is 4.04. The Kier molecular flexibility index (Phi) is 4.68. The zero-order valence-electron chi connectivity index (χ0n) is 9.73. The summed E-state index contributed by atoms with van der Waals surface area (Å²) in [5.74, 6) is 0.106. The average molecular weight is 270 g/mol. The van der Waals surface area contributed by atoms with Crippen molar-refractivity contribution >= 4 is 17.4 Å². The highest BCUT2D eigenvalue weighted by Crippen LogP contribution is 2.38. The topological polar surface area (TPSA) is 29.9 Å². The molecule has 98 valence electrons. The number of nitrogens with one attached hydrogen (secondary N) is 1. The second kappa shape index (κ2) is 5.62. The molecule has 0 saturated carbocycles. The standard InChI is InChI=1S/C10H15ClF3N3/c1-3-5-15-9-7(11)8(10(12,13)14)17(16-9)6-4-2/h3-6H2,1-2H3,(H,15,16). The van der Waals surface area contributed by atoms with Crippen molar-refractivity contribution in [1.29, 1.82) is 0 Å². The maximum absolute atomic E-state index is 12.8. The lowest BCUT2D eigenvalue weighted by Crippen LogP contribution is -2.15. The summed E-state index contributed by atoms with van der Waals surface area (Å²) in [6.07, 6.45) is -3.13. The largest absolute Gasteiger partial charge is 0.434 e. The minimum atomic E-state index is -4.48. The van der Waals surface area contributed by atoms with Crippen molar-refractivity contribution < 1.29 is 13.2 Å². The summed E-state index contributed by atoms with van der Waals surface area (Å²) < 4.78 is 39.3. The lowest BCUT2D eigenvalue weighted by Gasteiger charge is -2.09. The number of hydrogen-bond donors (Lipinski definition) is 1. The molecule has 0 amide bonds. The van der Waals surface area contributed by atoms with Gasteiger partial charge >= 0.3 is 6.18 Å². The van der Waals surface area contributed by atoms with Gasteiger partial charge in [-0.1, -0.05) is 25.4 Å². The van der Waals surface area contributed by atoms with Gasteiger partial charge in [0.15, 0.2) is 11.5 Å². The highest BCUT2D eigenvalue weighted by Gasteiger charge is 2.39. The third kappa shape index (κ3) is 3.28. The number of aryl methyl sites for hydroxylation is 1. The first kappa shape index (κ1) is 14.2. The van der Waals surface area contributed by atoms with Gasteiger partial charge < -0.3 is 5.32 Å². The number of aromatic nitrogens is 2. The quantitative estimate of drug-likeness (QED) is 0.881. The van der Waals surface area contributed by atoms with Crippen LogP contribution in [0.15, 0.2) is 0 Å². The van der Waals surface area contributed by atoms with Gasteiger partial charge in [-0.2, -0.15) is 18.3 Å². The summed E-state index contributed by atoms with van der Waals surface area (Å²) >= 11 is 5.72. The van der Waals surface area contributed by atoms with Crippen molar-refractivity contribution in [2.45, 2.75) is 39.4 Å². The summed E-state index contributed by atoms with van der Waals surface area (Å²) in [7, 11) is 0.